The van der Waals surface area contributed by atoms with Gasteiger partial charge in [-0.3, -0.25) is 5.84 Å². The number of hydrogen-bond acceptors (Lipinski definition) is 2. The highest BCUT2D eigenvalue weighted by molar-refractivity contribution is 9.10. The number of halogens is 2. The van der Waals surface area contributed by atoms with Gasteiger partial charge in [0.15, 0.2) is 0 Å². The van der Waals surface area contributed by atoms with Crippen molar-refractivity contribution in [1.82, 2.24) is 5.43 Å². The molecule has 0 amide bonds. The van der Waals surface area contributed by atoms with Crippen LogP contribution in [0, 0.1) is 0 Å². The summed E-state index contributed by atoms with van der Waals surface area (Å²) in [5.41, 5.74) is 6.51. The Balaban J connectivity index is 2.37. The van der Waals surface area contributed by atoms with E-state index in [9.17, 15) is 0 Å². The minimum absolute atomic E-state index is 0.0781. The molecule has 1 unspecified atom stereocenters. The lowest BCUT2D eigenvalue weighted by Crippen LogP contribution is -2.29. The zero-order valence-corrected chi connectivity index (χ0v) is 14.8. The molecule has 0 saturated carbocycles. The van der Waals surface area contributed by atoms with Crippen molar-refractivity contribution in [2.45, 2.75) is 32.2 Å². The van der Waals surface area contributed by atoms with Gasteiger partial charge in [0.2, 0.25) is 0 Å². The minimum Gasteiger partial charge on any atom is -0.271 e. The first-order valence-corrected chi connectivity index (χ1v) is 8.01. The molecule has 112 valence electrons. The summed E-state index contributed by atoms with van der Waals surface area (Å²) in [4.78, 5) is 0. The van der Waals surface area contributed by atoms with Gasteiger partial charge in [0.05, 0.1) is 6.04 Å². The van der Waals surface area contributed by atoms with Crippen LogP contribution in [0.15, 0.2) is 46.9 Å². The molecule has 0 bridgehead atoms. The summed E-state index contributed by atoms with van der Waals surface area (Å²) in [7, 11) is 0. The van der Waals surface area contributed by atoms with E-state index < -0.39 is 0 Å². The van der Waals surface area contributed by atoms with E-state index >= 15 is 0 Å². The third-order valence-corrected chi connectivity index (χ3v) is 4.47. The Morgan fingerprint density at radius 3 is 2.19 bits per heavy atom. The third kappa shape index (κ3) is 3.86. The molecule has 0 aliphatic rings. The van der Waals surface area contributed by atoms with Crippen molar-refractivity contribution in [3.63, 3.8) is 0 Å². The van der Waals surface area contributed by atoms with Crippen LogP contribution in [0.25, 0.3) is 0 Å². The van der Waals surface area contributed by atoms with E-state index in [1.807, 2.05) is 18.2 Å². The van der Waals surface area contributed by atoms with Gasteiger partial charge < -0.3 is 0 Å². The van der Waals surface area contributed by atoms with Crippen LogP contribution in [0.4, 0.5) is 0 Å². The maximum Gasteiger partial charge on any atom is 0.0721 e. The topological polar surface area (TPSA) is 38.0 Å². The summed E-state index contributed by atoms with van der Waals surface area (Å²) in [6, 6.07) is 14.2. The van der Waals surface area contributed by atoms with Crippen LogP contribution in [0.2, 0.25) is 5.02 Å². The molecule has 0 spiro atoms. The lowest BCUT2D eigenvalue weighted by atomic mass is 9.86. The second-order valence-corrected chi connectivity index (χ2v) is 7.43. The average molecular weight is 368 g/mol. The van der Waals surface area contributed by atoms with Gasteiger partial charge in [-0.05, 0) is 34.2 Å². The molecular formula is C17H20BrClN2. The van der Waals surface area contributed by atoms with Crippen molar-refractivity contribution in [2.75, 3.05) is 0 Å². The van der Waals surface area contributed by atoms with Gasteiger partial charge in [0, 0.05) is 9.50 Å². The highest BCUT2D eigenvalue weighted by Gasteiger charge is 2.18. The van der Waals surface area contributed by atoms with Crippen molar-refractivity contribution in [1.29, 1.82) is 0 Å². The van der Waals surface area contributed by atoms with Gasteiger partial charge in [0.1, 0.15) is 0 Å². The molecule has 21 heavy (non-hydrogen) atoms. The molecular weight excluding hydrogens is 348 g/mol. The molecule has 2 nitrogen and oxygen atoms in total. The summed E-state index contributed by atoms with van der Waals surface area (Å²) in [5, 5.41) is 0.699. The van der Waals surface area contributed by atoms with Crippen molar-refractivity contribution in [2.24, 2.45) is 5.84 Å². The van der Waals surface area contributed by atoms with Gasteiger partial charge >= 0.3 is 0 Å². The predicted molar refractivity (Wildman–Crippen MR) is 93.5 cm³/mol. The Kier molecular flexibility index (Phi) is 5.10. The quantitative estimate of drug-likeness (QED) is 0.595. The van der Waals surface area contributed by atoms with E-state index in [1.54, 1.807) is 0 Å². The zero-order chi connectivity index (χ0) is 15.6. The van der Waals surface area contributed by atoms with Crippen molar-refractivity contribution >= 4 is 27.5 Å². The van der Waals surface area contributed by atoms with Gasteiger partial charge in [-0.1, -0.05) is 78.6 Å². The second kappa shape index (κ2) is 6.49. The molecule has 2 aromatic rings. The smallest absolute Gasteiger partial charge is 0.0721 e. The molecule has 2 rings (SSSR count). The van der Waals surface area contributed by atoms with Crippen LogP contribution in [0.1, 0.15) is 43.5 Å². The Morgan fingerprint density at radius 1 is 1.10 bits per heavy atom. The molecule has 0 fully saturated rings. The van der Waals surface area contributed by atoms with Crippen LogP contribution in [0.5, 0.6) is 0 Å². The largest absolute Gasteiger partial charge is 0.271 e. The molecule has 2 aromatic carbocycles. The van der Waals surface area contributed by atoms with Crippen molar-refractivity contribution in [3.8, 4) is 0 Å². The van der Waals surface area contributed by atoms with Crippen molar-refractivity contribution < 1.29 is 0 Å². The van der Waals surface area contributed by atoms with E-state index in [2.05, 4.69) is 66.4 Å². The van der Waals surface area contributed by atoms with Crippen LogP contribution in [-0.2, 0) is 5.41 Å². The van der Waals surface area contributed by atoms with E-state index in [0.717, 1.165) is 15.6 Å². The molecule has 0 heterocycles. The standard InChI is InChI=1S/C17H20BrClN2/c1-17(2,3)12-6-4-11(5-7-12)16(21-20)14-9-8-13(19)10-15(14)18/h4-10,16,21H,20H2,1-3H3. The fourth-order valence-electron chi connectivity index (χ4n) is 2.28. The number of nitrogens with one attached hydrogen (secondary N) is 1. The molecule has 0 aromatic heterocycles. The first-order chi connectivity index (χ1) is 9.82. The van der Waals surface area contributed by atoms with Crippen LogP contribution < -0.4 is 11.3 Å². The van der Waals surface area contributed by atoms with Crippen molar-refractivity contribution in [3.05, 3.63) is 68.7 Å². The SMILES string of the molecule is CC(C)(C)c1ccc(C(NN)c2ccc(Cl)cc2Br)cc1. The van der Waals surface area contributed by atoms with Crippen LogP contribution >= 0.6 is 27.5 Å². The monoisotopic (exact) mass is 366 g/mol. The summed E-state index contributed by atoms with van der Waals surface area (Å²) in [6.07, 6.45) is 0. The normalized spacial score (nSPS) is 13.2. The minimum atomic E-state index is -0.0781. The third-order valence-electron chi connectivity index (χ3n) is 3.55. The summed E-state index contributed by atoms with van der Waals surface area (Å²) in [6.45, 7) is 6.61. The number of nitrogens with two attached hydrogens (primary N) is 1. The molecule has 0 saturated heterocycles. The molecule has 0 aliphatic carbocycles. The second-order valence-electron chi connectivity index (χ2n) is 6.14. The highest BCUT2D eigenvalue weighted by atomic mass is 79.9. The number of hydrogen-bond donors (Lipinski definition) is 2. The highest BCUT2D eigenvalue weighted by Crippen LogP contribution is 2.31. The summed E-state index contributed by atoms with van der Waals surface area (Å²) < 4.78 is 0.942. The molecule has 0 aliphatic heterocycles. The Bertz CT molecular complexity index is 618. The van der Waals surface area contributed by atoms with E-state index in [4.69, 9.17) is 17.4 Å². The van der Waals surface area contributed by atoms with Gasteiger partial charge in [-0.25, -0.2) is 5.43 Å². The molecule has 4 heteroatoms. The van der Waals surface area contributed by atoms with Gasteiger partial charge in [-0.2, -0.15) is 0 Å². The van der Waals surface area contributed by atoms with Crippen LogP contribution in [-0.4, -0.2) is 0 Å². The van der Waals surface area contributed by atoms with Gasteiger partial charge in [0.25, 0.3) is 0 Å². The first kappa shape index (κ1) is 16.5. The Morgan fingerprint density at radius 2 is 1.71 bits per heavy atom. The molecule has 3 N–H and O–H groups in total. The predicted octanol–water partition coefficient (Wildman–Crippen LogP) is 4.95. The fourth-order valence-corrected chi connectivity index (χ4v) is 3.19. The maximum absolute atomic E-state index is 6.00. The Hall–Kier alpha value is -0.870. The zero-order valence-electron chi connectivity index (χ0n) is 12.5. The fraction of sp³-hybridized carbons (Fsp3) is 0.294. The van der Waals surface area contributed by atoms with Crippen LogP contribution in [0.3, 0.4) is 0 Å². The van der Waals surface area contributed by atoms with E-state index in [0.29, 0.717) is 5.02 Å². The molecule has 0 radical (unpaired) electrons. The molecule has 1 atom stereocenters. The number of hydrazine groups is 1. The van der Waals surface area contributed by atoms with Gasteiger partial charge in [-0.15, -0.1) is 0 Å². The maximum atomic E-state index is 6.00. The van der Waals surface area contributed by atoms with E-state index in [-0.39, 0.29) is 11.5 Å². The van der Waals surface area contributed by atoms with E-state index in [1.165, 1.54) is 5.56 Å². The lowest BCUT2D eigenvalue weighted by molar-refractivity contribution is 0.588. The lowest BCUT2D eigenvalue weighted by Gasteiger charge is -2.22. The summed E-state index contributed by atoms with van der Waals surface area (Å²) in [5.74, 6) is 5.76. The summed E-state index contributed by atoms with van der Waals surface area (Å²) >= 11 is 9.55. The average Bonchev–Trinajstić information content (AvgIpc) is 2.41. The number of benzene rings is 2. The Labute approximate surface area is 139 Å². The first-order valence-electron chi connectivity index (χ1n) is 6.84. The number of rotatable bonds is 3.